The number of ether oxygens (including phenoxy) is 1. The number of alkyl halides is 6. The summed E-state index contributed by atoms with van der Waals surface area (Å²) in [4.78, 5) is 8.84. The molecule has 2 aromatic heterocycles. The van der Waals surface area contributed by atoms with Crippen molar-refractivity contribution in [1.82, 2.24) is 19.6 Å². The molecule has 1 aliphatic heterocycles. The average Bonchev–Trinajstić information content (AvgIpc) is 3.15. The fourth-order valence-electron chi connectivity index (χ4n) is 3.34. The Labute approximate surface area is 166 Å². The monoisotopic (exact) mass is 431 g/mol. The Bertz CT molecular complexity index is 1060. The number of fused-ring (bicyclic) bond motifs is 1. The third-order valence-electron chi connectivity index (χ3n) is 4.84. The Morgan fingerprint density at radius 3 is 2.53 bits per heavy atom. The first kappa shape index (κ1) is 20.4. The molecule has 2 unspecified atom stereocenters. The first-order valence-corrected chi connectivity index (χ1v) is 8.87. The SMILES string of the molecule is CC1COC(c2cccc(C(F)(F)F)c2)CN1c1cc(C(F)(F)F)nc2ncnn12. The van der Waals surface area contributed by atoms with Gasteiger partial charge in [0.25, 0.3) is 5.78 Å². The maximum atomic E-state index is 13.3. The van der Waals surface area contributed by atoms with Crippen LogP contribution in [-0.4, -0.2) is 38.8 Å². The zero-order valence-electron chi connectivity index (χ0n) is 15.4. The minimum Gasteiger partial charge on any atom is -0.370 e. The second-order valence-corrected chi connectivity index (χ2v) is 6.92. The molecule has 4 rings (SSSR count). The Hall–Kier alpha value is -2.89. The Kier molecular flexibility index (Phi) is 4.83. The molecule has 2 atom stereocenters. The maximum Gasteiger partial charge on any atom is 0.433 e. The molecular formula is C18H15F6N5O. The summed E-state index contributed by atoms with van der Waals surface area (Å²) in [7, 11) is 0. The van der Waals surface area contributed by atoms with Crippen LogP contribution in [0.15, 0.2) is 36.7 Å². The highest BCUT2D eigenvalue weighted by molar-refractivity contribution is 5.49. The number of rotatable bonds is 2. The number of morpholine rings is 1. The maximum absolute atomic E-state index is 13.3. The number of nitrogens with zero attached hydrogens (tertiary/aromatic N) is 5. The van der Waals surface area contributed by atoms with E-state index in [0.717, 1.165) is 24.5 Å². The van der Waals surface area contributed by atoms with E-state index in [2.05, 4.69) is 15.1 Å². The van der Waals surface area contributed by atoms with Crippen LogP contribution in [0.4, 0.5) is 32.2 Å². The average molecular weight is 431 g/mol. The summed E-state index contributed by atoms with van der Waals surface area (Å²) < 4.78 is 85.9. The predicted molar refractivity (Wildman–Crippen MR) is 92.7 cm³/mol. The van der Waals surface area contributed by atoms with Crippen molar-refractivity contribution in [3.8, 4) is 0 Å². The first-order chi connectivity index (χ1) is 14.0. The number of hydrogen-bond donors (Lipinski definition) is 0. The van der Waals surface area contributed by atoms with Gasteiger partial charge in [0.15, 0.2) is 5.69 Å². The Morgan fingerprint density at radius 1 is 1.07 bits per heavy atom. The summed E-state index contributed by atoms with van der Waals surface area (Å²) in [6.45, 7) is 1.86. The van der Waals surface area contributed by atoms with E-state index in [4.69, 9.17) is 4.74 Å². The van der Waals surface area contributed by atoms with Crippen molar-refractivity contribution in [3.63, 3.8) is 0 Å². The third kappa shape index (κ3) is 3.78. The minimum absolute atomic E-state index is 0.0265. The highest BCUT2D eigenvalue weighted by Gasteiger charge is 2.37. The van der Waals surface area contributed by atoms with E-state index in [-0.39, 0.29) is 36.4 Å². The lowest BCUT2D eigenvalue weighted by Gasteiger charge is -2.39. The van der Waals surface area contributed by atoms with Crippen molar-refractivity contribution in [3.05, 3.63) is 53.5 Å². The van der Waals surface area contributed by atoms with Crippen LogP contribution in [0, 0.1) is 0 Å². The molecule has 12 heteroatoms. The summed E-state index contributed by atoms with van der Waals surface area (Å²) in [5.74, 6) is -0.147. The molecule has 0 radical (unpaired) electrons. The fraction of sp³-hybridized carbons (Fsp3) is 0.389. The third-order valence-corrected chi connectivity index (χ3v) is 4.84. The van der Waals surface area contributed by atoms with Gasteiger partial charge in [0, 0.05) is 6.07 Å². The van der Waals surface area contributed by atoms with Gasteiger partial charge >= 0.3 is 12.4 Å². The summed E-state index contributed by atoms with van der Waals surface area (Å²) in [6.07, 6.45) is -8.90. The van der Waals surface area contributed by atoms with Crippen molar-refractivity contribution in [2.75, 3.05) is 18.1 Å². The van der Waals surface area contributed by atoms with Crippen LogP contribution in [-0.2, 0) is 17.1 Å². The number of benzene rings is 1. The normalized spacial score (nSPS) is 20.7. The van der Waals surface area contributed by atoms with E-state index in [1.54, 1.807) is 11.8 Å². The highest BCUT2D eigenvalue weighted by Crippen LogP contribution is 2.35. The van der Waals surface area contributed by atoms with Gasteiger partial charge in [-0.15, -0.1) is 0 Å². The minimum atomic E-state index is -4.70. The van der Waals surface area contributed by atoms with E-state index in [9.17, 15) is 26.3 Å². The molecule has 1 aliphatic rings. The van der Waals surface area contributed by atoms with Crippen molar-refractivity contribution in [2.45, 2.75) is 31.4 Å². The van der Waals surface area contributed by atoms with E-state index < -0.39 is 29.7 Å². The van der Waals surface area contributed by atoms with Crippen LogP contribution in [0.1, 0.15) is 29.8 Å². The largest absolute Gasteiger partial charge is 0.433 e. The molecule has 3 heterocycles. The summed E-state index contributed by atoms with van der Waals surface area (Å²) in [5, 5.41) is 3.94. The van der Waals surface area contributed by atoms with Gasteiger partial charge < -0.3 is 9.64 Å². The molecule has 160 valence electrons. The number of anilines is 1. The van der Waals surface area contributed by atoms with Crippen molar-refractivity contribution in [1.29, 1.82) is 0 Å². The van der Waals surface area contributed by atoms with Gasteiger partial charge in [-0.05, 0) is 24.6 Å². The van der Waals surface area contributed by atoms with E-state index >= 15 is 0 Å². The van der Waals surface area contributed by atoms with Gasteiger partial charge in [0.1, 0.15) is 18.2 Å². The van der Waals surface area contributed by atoms with Crippen LogP contribution in [0.2, 0.25) is 0 Å². The van der Waals surface area contributed by atoms with Gasteiger partial charge in [-0.25, -0.2) is 4.98 Å². The smallest absolute Gasteiger partial charge is 0.370 e. The van der Waals surface area contributed by atoms with Crippen molar-refractivity contribution in [2.24, 2.45) is 0 Å². The standard InChI is InChI=1S/C18H15F6N5O/c1-10-8-30-13(11-3-2-4-12(5-11)17(19,20)21)7-28(10)15-6-14(18(22,23)24)27-16-25-9-26-29(15)16/h2-6,9-10,13H,7-8H2,1H3. The molecule has 0 spiro atoms. The molecule has 3 aromatic rings. The van der Waals surface area contributed by atoms with Crippen molar-refractivity contribution >= 4 is 11.6 Å². The molecule has 1 aromatic carbocycles. The lowest BCUT2D eigenvalue weighted by molar-refractivity contribution is -0.141. The first-order valence-electron chi connectivity index (χ1n) is 8.87. The van der Waals surface area contributed by atoms with Gasteiger partial charge in [-0.1, -0.05) is 12.1 Å². The molecule has 6 nitrogen and oxygen atoms in total. The number of hydrogen-bond acceptors (Lipinski definition) is 5. The molecule has 0 saturated carbocycles. The van der Waals surface area contributed by atoms with Gasteiger partial charge in [-0.2, -0.15) is 40.9 Å². The molecular weight excluding hydrogens is 416 g/mol. The van der Waals surface area contributed by atoms with Crippen LogP contribution >= 0.6 is 0 Å². The Morgan fingerprint density at radius 2 is 1.83 bits per heavy atom. The number of halogens is 6. The summed E-state index contributed by atoms with van der Waals surface area (Å²) in [5.41, 5.74) is -1.68. The summed E-state index contributed by atoms with van der Waals surface area (Å²) in [6, 6.07) is 5.19. The van der Waals surface area contributed by atoms with Crippen LogP contribution in [0.3, 0.4) is 0 Å². The topological polar surface area (TPSA) is 55.5 Å². The molecule has 1 fully saturated rings. The quantitative estimate of drug-likeness (QED) is 0.572. The lowest BCUT2D eigenvalue weighted by atomic mass is 10.0. The van der Waals surface area contributed by atoms with Crippen molar-refractivity contribution < 1.29 is 31.1 Å². The zero-order valence-corrected chi connectivity index (χ0v) is 15.4. The lowest BCUT2D eigenvalue weighted by Crippen LogP contribution is -2.46. The van der Waals surface area contributed by atoms with Crippen LogP contribution in [0.25, 0.3) is 5.78 Å². The van der Waals surface area contributed by atoms with Gasteiger partial charge in [-0.3, -0.25) is 0 Å². The van der Waals surface area contributed by atoms with Gasteiger partial charge in [0.05, 0.1) is 24.8 Å². The second-order valence-electron chi connectivity index (χ2n) is 6.92. The van der Waals surface area contributed by atoms with E-state index in [0.29, 0.717) is 0 Å². The molecule has 0 amide bonds. The molecule has 0 bridgehead atoms. The highest BCUT2D eigenvalue weighted by atomic mass is 19.4. The zero-order chi connectivity index (χ0) is 21.7. The van der Waals surface area contributed by atoms with E-state index in [1.165, 1.54) is 16.6 Å². The molecule has 0 aliphatic carbocycles. The second kappa shape index (κ2) is 7.11. The molecule has 0 N–H and O–H groups in total. The predicted octanol–water partition coefficient (Wildman–Crippen LogP) is 4.13. The van der Waals surface area contributed by atoms with E-state index in [1.807, 2.05) is 0 Å². The van der Waals surface area contributed by atoms with Gasteiger partial charge in [0.2, 0.25) is 0 Å². The van der Waals surface area contributed by atoms with Crippen LogP contribution in [0.5, 0.6) is 0 Å². The molecule has 30 heavy (non-hydrogen) atoms. The fourth-order valence-corrected chi connectivity index (χ4v) is 3.34. The molecule has 1 saturated heterocycles. The Balaban J connectivity index is 1.73. The summed E-state index contributed by atoms with van der Waals surface area (Å²) >= 11 is 0. The number of aromatic nitrogens is 4. The van der Waals surface area contributed by atoms with Crippen LogP contribution < -0.4 is 4.90 Å².